The highest BCUT2D eigenvalue weighted by molar-refractivity contribution is 5.81. The maximum atomic E-state index is 11.9. The van der Waals surface area contributed by atoms with Gasteiger partial charge < -0.3 is 16.2 Å². The molecule has 0 aromatic heterocycles. The summed E-state index contributed by atoms with van der Waals surface area (Å²) in [4.78, 5) is 11.9. The van der Waals surface area contributed by atoms with E-state index < -0.39 is 6.04 Å². The van der Waals surface area contributed by atoms with Crippen molar-refractivity contribution in [2.75, 3.05) is 13.2 Å². The Bertz CT molecular complexity index is 368. The van der Waals surface area contributed by atoms with Crippen LogP contribution in [-0.4, -0.2) is 30.2 Å². The molecule has 0 bridgehead atoms. The molecule has 4 nitrogen and oxygen atoms in total. The van der Waals surface area contributed by atoms with Crippen LogP contribution in [0, 0.1) is 5.92 Å². The number of nitrogens with one attached hydrogen (secondary N) is 1. The number of amides is 1. The van der Waals surface area contributed by atoms with Gasteiger partial charge in [0.15, 0.2) is 0 Å². The van der Waals surface area contributed by atoms with Crippen LogP contribution < -0.4 is 11.1 Å². The third kappa shape index (κ3) is 5.85. The Morgan fingerprint density at radius 3 is 2.63 bits per heavy atom. The third-order valence-corrected chi connectivity index (χ3v) is 3.31. The van der Waals surface area contributed by atoms with Crippen molar-refractivity contribution in [3.8, 4) is 0 Å². The second-order valence-electron chi connectivity index (χ2n) is 4.83. The lowest BCUT2D eigenvalue weighted by Gasteiger charge is -2.17. The first-order valence-corrected chi connectivity index (χ1v) is 6.85. The quantitative estimate of drug-likeness (QED) is 0.657. The summed E-state index contributed by atoms with van der Waals surface area (Å²) < 4.78 is 0. The molecule has 2 atom stereocenters. The number of hydrogen-bond acceptors (Lipinski definition) is 3. The summed E-state index contributed by atoms with van der Waals surface area (Å²) in [5.41, 5.74) is 6.95. The van der Waals surface area contributed by atoms with Crippen molar-refractivity contribution in [1.29, 1.82) is 0 Å². The first-order valence-electron chi connectivity index (χ1n) is 6.85. The van der Waals surface area contributed by atoms with Crippen LogP contribution in [0.5, 0.6) is 0 Å². The van der Waals surface area contributed by atoms with Crippen molar-refractivity contribution in [3.63, 3.8) is 0 Å². The summed E-state index contributed by atoms with van der Waals surface area (Å²) in [7, 11) is 0. The lowest BCUT2D eigenvalue weighted by atomic mass is 10.0. The molecule has 0 saturated carbocycles. The standard InChI is InChI=1S/C15H24N2O2/c1-2-12(8-9-18)11-17-15(19)14(16)10-13-6-4-3-5-7-13/h3-7,12,14,18H,2,8-11,16H2,1H3,(H,17,19)/t12?,14-/m0/s1. The highest BCUT2D eigenvalue weighted by Gasteiger charge is 2.15. The summed E-state index contributed by atoms with van der Waals surface area (Å²) in [6.45, 7) is 2.79. The zero-order valence-corrected chi connectivity index (χ0v) is 11.5. The molecule has 1 aromatic carbocycles. The van der Waals surface area contributed by atoms with E-state index in [9.17, 15) is 4.79 Å². The Kier molecular flexibility index (Phi) is 7.15. The summed E-state index contributed by atoms with van der Waals surface area (Å²) in [6, 6.07) is 9.23. The lowest BCUT2D eigenvalue weighted by molar-refractivity contribution is -0.122. The maximum absolute atomic E-state index is 11.9. The highest BCUT2D eigenvalue weighted by Crippen LogP contribution is 2.06. The molecule has 0 aliphatic heterocycles. The number of carbonyl (C=O) groups excluding carboxylic acids is 1. The SMILES string of the molecule is CCC(CCO)CNC(=O)[C@@H](N)Cc1ccccc1. The number of rotatable bonds is 8. The maximum Gasteiger partial charge on any atom is 0.237 e. The molecule has 4 heteroatoms. The highest BCUT2D eigenvalue weighted by atomic mass is 16.3. The van der Waals surface area contributed by atoms with Crippen LogP contribution in [0.15, 0.2) is 30.3 Å². The second kappa shape index (κ2) is 8.67. The van der Waals surface area contributed by atoms with Crippen molar-refractivity contribution in [2.24, 2.45) is 11.7 Å². The van der Waals surface area contributed by atoms with E-state index in [0.29, 0.717) is 25.3 Å². The molecule has 1 unspecified atom stereocenters. The van der Waals surface area contributed by atoms with Gasteiger partial charge in [0.25, 0.3) is 0 Å². The summed E-state index contributed by atoms with van der Waals surface area (Å²) >= 11 is 0. The number of nitrogens with two attached hydrogens (primary N) is 1. The molecule has 0 saturated heterocycles. The largest absolute Gasteiger partial charge is 0.396 e. The molecular formula is C15H24N2O2. The van der Waals surface area contributed by atoms with Crippen molar-refractivity contribution >= 4 is 5.91 Å². The Hall–Kier alpha value is -1.39. The molecule has 0 aliphatic carbocycles. The molecule has 4 N–H and O–H groups in total. The second-order valence-corrected chi connectivity index (χ2v) is 4.83. The predicted octanol–water partition coefficient (Wildman–Crippen LogP) is 1.08. The number of carbonyl (C=O) groups is 1. The summed E-state index contributed by atoms with van der Waals surface area (Å²) in [5.74, 6) is 0.193. The number of aliphatic hydroxyl groups is 1. The van der Waals surface area contributed by atoms with Crippen LogP contribution in [-0.2, 0) is 11.2 Å². The van der Waals surface area contributed by atoms with Crippen LogP contribution in [0.2, 0.25) is 0 Å². The van der Waals surface area contributed by atoms with E-state index in [1.165, 1.54) is 0 Å². The Balaban J connectivity index is 2.36. The van der Waals surface area contributed by atoms with Crippen molar-refractivity contribution < 1.29 is 9.90 Å². The average molecular weight is 264 g/mol. The van der Waals surface area contributed by atoms with Gasteiger partial charge in [-0.3, -0.25) is 4.79 Å². The molecule has 0 heterocycles. The number of hydrogen-bond donors (Lipinski definition) is 3. The lowest BCUT2D eigenvalue weighted by Crippen LogP contribution is -2.43. The van der Waals surface area contributed by atoms with Gasteiger partial charge in [-0.1, -0.05) is 43.7 Å². The van der Waals surface area contributed by atoms with Gasteiger partial charge in [-0.15, -0.1) is 0 Å². The molecular weight excluding hydrogens is 240 g/mol. The van der Waals surface area contributed by atoms with Crippen LogP contribution in [0.3, 0.4) is 0 Å². The minimum atomic E-state index is -0.519. The molecule has 1 aromatic rings. The van der Waals surface area contributed by atoms with Gasteiger partial charge in [-0.25, -0.2) is 0 Å². The van der Waals surface area contributed by atoms with Crippen LogP contribution in [0.4, 0.5) is 0 Å². The molecule has 1 rings (SSSR count). The first kappa shape index (κ1) is 15.7. The molecule has 19 heavy (non-hydrogen) atoms. The average Bonchev–Trinajstić information content (AvgIpc) is 2.44. The van der Waals surface area contributed by atoms with E-state index in [1.807, 2.05) is 30.3 Å². The zero-order chi connectivity index (χ0) is 14.1. The molecule has 0 spiro atoms. The van der Waals surface area contributed by atoms with Crippen LogP contribution in [0.25, 0.3) is 0 Å². The Morgan fingerprint density at radius 1 is 1.37 bits per heavy atom. The van der Waals surface area contributed by atoms with Gasteiger partial charge in [0.05, 0.1) is 6.04 Å². The Morgan fingerprint density at radius 2 is 2.05 bits per heavy atom. The van der Waals surface area contributed by atoms with E-state index >= 15 is 0 Å². The normalized spacial score (nSPS) is 13.8. The molecule has 0 fully saturated rings. The van der Waals surface area contributed by atoms with Gasteiger partial charge in [-0.2, -0.15) is 0 Å². The van der Waals surface area contributed by atoms with Crippen LogP contribution >= 0.6 is 0 Å². The van der Waals surface area contributed by atoms with Crippen molar-refractivity contribution in [3.05, 3.63) is 35.9 Å². The van der Waals surface area contributed by atoms with E-state index in [1.54, 1.807) is 0 Å². The third-order valence-electron chi connectivity index (χ3n) is 3.31. The van der Waals surface area contributed by atoms with Crippen molar-refractivity contribution in [1.82, 2.24) is 5.32 Å². The fraction of sp³-hybridized carbons (Fsp3) is 0.533. The van der Waals surface area contributed by atoms with Gasteiger partial charge in [0.2, 0.25) is 5.91 Å². The number of aliphatic hydroxyl groups excluding tert-OH is 1. The minimum absolute atomic E-state index is 0.125. The van der Waals surface area contributed by atoms with Gasteiger partial charge in [-0.05, 0) is 24.3 Å². The topological polar surface area (TPSA) is 75.3 Å². The molecule has 0 aliphatic rings. The van der Waals surface area contributed by atoms with Crippen molar-refractivity contribution in [2.45, 2.75) is 32.2 Å². The zero-order valence-electron chi connectivity index (χ0n) is 11.5. The molecule has 0 radical (unpaired) electrons. The van der Waals surface area contributed by atoms with E-state index in [2.05, 4.69) is 12.2 Å². The van der Waals surface area contributed by atoms with E-state index in [-0.39, 0.29) is 12.5 Å². The Labute approximate surface area is 115 Å². The predicted molar refractivity (Wildman–Crippen MR) is 76.6 cm³/mol. The minimum Gasteiger partial charge on any atom is -0.396 e. The smallest absolute Gasteiger partial charge is 0.237 e. The monoisotopic (exact) mass is 264 g/mol. The molecule has 1 amide bonds. The van der Waals surface area contributed by atoms with Crippen LogP contribution in [0.1, 0.15) is 25.3 Å². The van der Waals surface area contributed by atoms with Gasteiger partial charge in [0.1, 0.15) is 0 Å². The van der Waals surface area contributed by atoms with Gasteiger partial charge >= 0.3 is 0 Å². The summed E-state index contributed by atoms with van der Waals surface area (Å²) in [5, 5.41) is 11.8. The fourth-order valence-corrected chi connectivity index (χ4v) is 1.97. The van der Waals surface area contributed by atoms with E-state index in [4.69, 9.17) is 10.8 Å². The van der Waals surface area contributed by atoms with Gasteiger partial charge in [0, 0.05) is 13.2 Å². The summed E-state index contributed by atoms with van der Waals surface area (Å²) in [6.07, 6.45) is 2.20. The fourth-order valence-electron chi connectivity index (χ4n) is 1.97. The first-order chi connectivity index (χ1) is 9.17. The molecule has 106 valence electrons. The van der Waals surface area contributed by atoms with E-state index in [0.717, 1.165) is 12.0 Å². The number of benzene rings is 1.